The SMILES string of the molecule is Cc1ccnc(N2CC(n3c(C4CC4)nc4ccccc43)C2)c1. The number of para-hydroxylation sites is 2. The maximum Gasteiger partial charge on any atom is 0.128 e. The molecule has 0 radical (unpaired) electrons. The molecule has 2 aliphatic rings. The average molecular weight is 304 g/mol. The van der Waals surface area contributed by atoms with Crippen molar-refractivity contribution in [3.63, 3.8) is 0 Å². The first-order valence-electron chi connectivity index (χ1n) is 8.44. The highest BCUT2D eigenvalue weighted by Gasteiger charge is 2.36. The maximum absolute atomic E-state index is 4.92. The summed E-state index contributed by atoms with van der Waals surface area (Å²) in [6, 6.07) is 13.3. The fraction of sp³-hybridized carbons (Fsp3) is 0.368. The van der Waals surface area contributed by atoms with Crippen molar-refractivity contribution in [2.45, 2.75) is 31.7 Å². The molecule has 2 aromatic heterocycles. The molecule has 1 saturated heterocycles. The number of aryl methyl sites for hydroxylation is 1. The highest BCUT2D eigenvalue weighted by Crippen LogP contribution is 2.43. The van der Waals surface area contributed by atoms with E-state index in [1.165, 1.54) is 29.7 Å². The van der Waals surface area contributed by atoms with Crippen LogP contribution in [0.2, 0.25) is 0 Å². The molecule has 3 heterocycles. The van der Waals surface area contributed by atoms with E-state index in [0.717, 1.165) is 24.4 Å². The summed E-state index contributed by atoms with van der Waals surface area (Å²) in [6.45, 7) is 4.17. The van der Waals surface area contributed by atoms with Crippen LogP contribution in [0.4, 0.5) is 5.82 Å². The number of fused-ring (bicyclic) bond motifs is 1. The van der Waals surface area contributed by atoms with E-state index in [-0.39, 0.29) is 0 Å². The van der Waals surface area contributed by atoms with Gasteiger partial charge in [0.05, 0.1) is 17.1 Å². The van der Waals surface area contributed by atoms with Crippen molar-refractivity contribution in [1.29, 1.82) is 0 Å². The lowest BCUT2D eigenvalue weighted by Crippen LogP contribution is -2.48. The Balaban J connectivity index is 1.47. The van der Waals surface area contributed by atoms with Gasteiger partial charge in [0.25, 0.3) is 0 Å². The maximum atomic E-state index is 4.92. The molecule has 4 heteroatoms. The first-order chi connectivity index (χ1) is 11.3. The number of hydrogen-bond acceptors (Lipinski definition) is 3. The lowest BCUT2D eigenvalue weighted by molar-refractivity contribution is 0.395. The zero-order valence-electron chi connectivity index (χ0n) is 13.3. The molecule has 0 unspecified atom stereocenters. The molecule has 2 fully saturated rings. The van der Waals surface area contributed by atoms with Crippen LogP contribution in [0.15, 0.2) is 42.6 Å². The summed E-state index contributed by atoms with van der Waals surface area (Å²) in [5.41, 5.74) is 3.70. The van der Waals surface area contributed by atoms with Crippen LogP contribution in [0.5, 0.6) is 0 Å². The van der Waals surface area contributed by atoms with Crippen LogP contribution < -0.4 is 4.90 Å². The molecular weight excluding hydrogens is 284 g/mol. The molecule has 1 saturated carbocycles. The first kappa shape index (κ1) is 13.1. The number of pyridine rings is 1. The van der Waals surface area contributed by atoms with Gasteiger partial charge in [0.1, 0.15) is 11.6 Å². The molecule has 0 bridgehead atoms. The van der Waals surface area contributed by atoms with Crippen molar-refractivity contribution < 1.29 is 0 Å². The molecule has 5 rings (SSSR count). The molecular formula is C19H20N4. The molecule has 1 aliphatic heterocycles. The van der Waals surface area contributed by atoms with Crippen LogP contribution in [0.1, 0.15) is 36.2 Å². The fourth-order valence-corrected chi connectivity index (χ4v) is 3.58. The molecule has 0 amide bonds. The van der Waals surface area contributed by atoms with E-state index in [1.54, 1.807) is 0 Å². The van der Waals surface area contributed by atoms with Gasteiger partial charge in [0, 0.05) is 25.2 Å². The van der Waals surface area contributed by atoms with Gasteiger partial charge in [0.2, 0.25) is 0 Å². The number of nitrogens with zero attached hydrogens (tertiary/aromatic N) is 4. The van der Waals surface area contributed by atoms with Crippen LogP contribution in [0.25, 0.3) is 11.0 Å². The van der Waals surface area contributed by atoms with E-state index < -0.39 is 0 Å². The summed E-state index contributed by atoms with van der Waals surface area (Å²) >= 11 is 0. The lowest BCUT2D eigenvalue weighted by Gasteiger charge is -2.41. The smallest absolute Gasteiger partial charge is 0.128 e. The normalized spacial score (nSPS) is 18.4. The van der Waals surface area contributed by atoms with Crippen LogP contribution >= 0.6 is 0 Å². The minimum atomic E-state index is 0.514. The molecule has 0 N–H and O–H groups in total. The third kappa shape index (κ3) is 2.12. The summed E-state index contributed by atoms with van der Waals surface area (Å²) in [5.74, 6) is 3.07. The summed E-state index contributed by atoms with van der Waals surface area (Å²) in [5, 5.41) is 0. The Bertz CT molecular complexity index is 872. The third-order valence-electron chi connectivity index (χ3n) is 5.02. The van der Waals surface area contributed by atoms with Gasteiger partial charge in [-0.05, 0) is 49.6 Å². The van der Waals surface area contributed by atoms with Gasteiger partial charge < -0.3 is 9.47 Å². The Labute approximate surface area is 135 Å². The number of rotatable bonds is 3. The summed E-state index contributed by atoms with van der Waals surface area (Å²) in [7, 11) is 0. The summed E-state index contributed by atoms with van der Waals surface area (Å²) in [4.78, 5) is 11.8. The van der Waals surface area contributed by atoms with Gasteiger partial charge in [-0.3, -0.25) is 0 Å². The van der Waals surface area contributed by atoms with Gasteiger partial charge in [-0.2, -0.15) is 0 Å². The van der Waals surface area contributed by atoms with Crippen molar-refractivity contribution >= 4 is 16.9 Å². The van der Waals surface area contributed by atoms with Crippen LogP contribution in [0.3, 0.4) is 0 Å². The molecule has 0 spiro atoms. The molecule has 4 nitrogen and oxygen atoms in total. The average Bonchev–Trinajstić information content (AvgIpc) is 3.29. The molecule has 0 atom stereocenters. The number of anilines is 1. The summed E-state index contributed by atoms with van der Waals surface area (Å²) in [6.07, 6.45) is 4.48. The van der Waals surface area contributed by atoms with Gasteiger partial charge in [-0.1, -0.05) is 12.1 Å². The predicted octanol–water partition coefficient (Wildman–Crippen LogP) is 3.68. The molecule has 23 heavy (non-hydrogen) atoms. The quantitative estimate of drug-likeness (QED) is 0.740. The van der Waals surface area contributed by atoms with Crippen molar-refractivity contribution in [1.82, 2.24) is 14.5 Å². The van der Waals surface area contributed by atoms with Crippen molar-refractivity contribution in [2.24, 2.45) is 0 Å². The van der Waals surface area contributed by atoms with E-state index in [2.05, 4.69) is 57.8 Å². The van der Waals surface area contributed by atoms with Crippen LogP contribution in [0, 0.1) is 6.92 Å². The number of aromatic nitrogens is 3. The topological polar surface area (TPSA) is 34.0 Å². The van der Waals surface area contributed by atoms with E-state index in [1.807, 2.05) is 6.20 Å². The van der Waals surface area contributed by atoms with Crippen molar-refractivity contribution in [3.05, 3.63) is 54.0 Å². The van der Waals surface area contributed by atoms with Gasteiger partial charge in [0.15, 0.2) is 0 Å². The Hall–Kier alpha value is -2.36. The Kier molecular flexibility index (Phi) is 2.75. The second-order valence-electron chi connectivity index (χ2n) is 6.85. The van der Waals surface area contributed by atoms with E-state index >= 15 is 0 Å². The first-order valence-corrected chi connectivity index (χ1v) is 8.44. The Morgan fingerprint density at radius 3 is 2.70 bits per heavy atom. The third-order valence-corrected chi connectivity index (χ3v) is 5.02. The molecule has 116 valence electrons. The number of hydrogen-bond donors (Lipinski definition) is 0. The van der Waals surface area contributed by atoms with E-state index in [0.29, 0.717) is 12.0 Å². The number of benzene rings is 1. The molecule has 1 aliphatic carbocycles. The van der Waals surface area contributed by atoms with Crippen LogP contribution in [-0.2, 0) is 0 Å². The van der Waals surface area contributed by atoms with Crippen LogP contribution in [-0.4, -0.2) is 27.6 Å². The Morgan fingerprint density at radius 2 is 1.91 bits per heavy atom. The van der Waals surface area contributed by atoms with Crippen molar-refractivity contribution in [3.8, 4) is 0 Å². The molecule has 3 aromatic rings. The number of imidazole rings is 1. The second kappa shape index (κ2) is 4.82. The lowest BCUT2D eigenvalue weighted by atomic mass is 10.1. The van der Waals surface area contributed by atoms with Crippen molar-refractivity contribution in [2.75, 3.05) is 18.0 Å². The minimum Gasteiger partial charge on any atom is -0.352 e. The predicted molar refractivity (Wildman–Crippen MR) is 91.9 cm³/mol. The monoisotopic (exact) mass is 304 g/mol. The van der Waals surface area contributed by atoms with Gasteiger partial charge >= 0.3 is 0 Å². The minimum absolute atomic E-state index is 0.514. The molecule has 1 aromatic carbocycles. The zero-order chi connectivity index (χ0) is 15.4. The standard InChI is InChI=1S/C19H20N4/c1-13-8-9-20-18(10-13)22-11-15(12-22)23-17-5-3-2-4-16(17)21-19(23)14-6-7-14/h2-5,8-10,14-15H,6-7,11-12H2,1H3. The van der Waals surface area contributed by atoms with Gasteiger partial charge in [-0.25, -0.2) is 9.97 Å². The summed E-state index contributed by atoms with van der Waals surface area (Å²) < 4.78 is 2.50. The fourth-order valence-electron chi connectivity index (χ4n) is 3.58. The van der Waals surface area contributed by atoms with Gasteiger partial charge in [-0.15, -0.1) is 0 Å². The second-order valence-corrected chi connectivity index (χ2v) is 6.85. The highest BCUT2D eigenvalue weighted by atomic mass is 15.3. The van der Waals surface area contributed by atoms with E-state index in [9.17, 15) is 0 Å². The zero-order valence-corrected chi connectivity index (χ0v) is 13.3. The highest BCUT2D eigenvalue weighted by molar-refractivity contribution is 5.76. The Morgan fingerprint density at radius 1 is 1.09 bits per heavy atom. The van der Waals surface area contributed by atoms with E-state index in [4.69, 9.17) is 4.98 Å². The largest absolute Gasteiger partial charge is 0.352 e.